The zero-order valence-corrected chi connectivity index (χ0v) is 21.5. The summed E-state index contributed by atoms with van der Waals surface area (Å²) >= 11 is 0. The number of carbonyl (C=O) groups is 4. The molecular formula is C25H40N4O7. The number of aromatic hydroxyl groups is 1. The van der Waals surface area contributed by atoms with E-state index in [0.29, 0.717) is 12.0 Å². The molecule has 8 N–H and O–H groups in total. The molecule has 6 atom stereocenters. The summed E-state index contributed by atoms with van der Waals surface area (Å²) in [7, 11) is 0. The number of carboxylic acid groups (broad SMARTS) is 1. The molecule has 0 aliphatic heterocycles. The molecule has 0 bridgehead atoms. The third kappa shape index (κ3) is 9.82. The number of carboxylic acids is 1. The van der Waals surface area contributed by atoms with Gasteiger partial charge in [-0.25, -0.2) is 4.79 Å². The first-order chi connectivity index (χ1) is 16.8. The lowest BCUT2D eigenvalue weighted by Crippen LogP contribution is -2.60. The van der Waals surface area contributed by atoms with Crippen LogP contribution in [0.25, 0.3) is 0 Å². The Bertz CT molecular complexity index is 889. The Morgan fingerprint density at radius 3 is 1.92 bits per heavy atom. The van der Waals surface area contributed by atoms with Crippen LogP contribution < -0.4 is 21.7 Å². The lowest BCUT2D eigenvalue weighted by molar-refractivity contribution is -0.144. The molecule has 3 amide bonds. The summed E-state index contributed by atoms with van der Waals surface area (Å²) in [5, 5.41) is 36.5. The molecular weight excluding hydrogens is 468 g/mol. The van der Waals surface area contributed by atoms with Gasteiger partial charge in [-0.05, 0) is 49.3 Å². The highest BCUT2D eigenvalue weighted by molar-refractivity contribution is 5.94. The van der Waals surface area contributed by atoms with Gasteiger partial charge in [-0.15, -0.1) is 0 Å². The van der Waals surface area contributed by atoms with E-state index >= 15 is 0 Å². The van der Waals surface area contributed by atoms with E-state index in [1.807, 2.05) is 20.8 Å². The molecule has 6 unspecified atom stereocenters. The number of hydrogen-bond donors (Lipinski definition) is 7. The van der Waals surface area contributed by atoms with E-state index in [1.54, 1.807) is 19.1 Å². The van der Waals surface area contributed by atoms with E-state index in [9.17, 15) is 34.5 Å². The highest BCUT2D eigenvalue weighted by atomic mass is 16.4. The third-order valence-corrected chi connectivity index (χ3v) is 5.91. The molecule has 0 saturated carbocycles. The smallest absolute Gasteiger partial charge is 0.326 e. The Morgan fingerprint density at radius 1 is 0.889 bits per heavy atom. The molecule has 0 aliphatic rings. The summed E-state index contributed by atoms with van der Waals surface area (Å²) in [5.41, 5.74) is 6.66. The topological polar surface area (TPSA) is 191 Å². The zero-order valence-electron chi connectivity index (χ0n) is 21.5. The van der Waals surface area contributed by atoms with Gasteiger partial charge in [-0.1, -0.05) is 46.2 Å². The van der Waals surface area contributed by atoms with Crippen molar-refractivity contribution in [2.45, 2.75) is 84.2 Å². The van der Waals surface area contributed by atoms with E-state index in [0.717, 1.165) is 0 Å². The second kappa shape index (κ2) is 14.4. The largest absolute Gasteiger partial charge is 0.508 e. The Balaban J connectivity index is 2.94. The summed E-state index contributed by atoms with van der Waals surface area (Å²) in [6.07, 6.45) is -0.431. The van der Waals surface area contributed by atoms with Crippen LogP contribution in [0.15, 0.2) is 24.3 Å². The van der Waals surface area contributed by atoms with Crippen LogP contribution in [0.5, 0.6) is 5.75 Å². The number of nitrogens with two attached hydrogens (primary N) is 1. The van der Waals surface area contributed by atoms with Crippen molar-refractivity contribution in [3.05, 3.63) is 29.8 Å². The number of aliphatic carboxylic acids is 1. The summed E-state index contributed by atoms with van der Waals surface area (Å²) in [5.74, 6) is -3.61. The zero-order chi connectivity index (χ0) is 27.6. The van der Waals surface area contributed by atoms with Crippen LogP contribution in [0, 0.1) is 11.8 Å². The van der Waals surface area contributed by atoms with Gasteiger partial charge in [0.1, 0.15) is 23.9 Å². The quantitative estimate of drug-likeness (QED) is 0.186. The van der Waals surface area contributed by atoms with Gasteiger partial charge in [0, 0.05) is 0 Å². The highest BCUT2D eigenvalue weighted by Crippen LogP contribution is 2.12. The van der Waals surface area contributed by atoms with E-state index in [1.165, 1.54) is 19.1 Å². The van der Waals surface area contributed by atoms with Crippen LogP contribution in [0.4, 0.5) is 0 Å². The normalized spacial score (nSPS) is 16.2. The highest BCUT2D eigenvalue weighted by Gasteiger charge is 2.33. The van der Waals surface area contributed by atoms with E-state index < -0.39 is 54.0 Å². The minimum atomic E-state index is -1.39. The molecule has 1 aromatic carbocycles. The van der Waals surface area contributed by atoms with Crippen molar-refractivity contribution < 1.29 is 34.5 Å². The number of phenols is 1. The molecule has 0 aromatic heterocycles. The summed E-state index contributed by atoms with van der Waals surface area (Å²) < 4.78 is 0. The first kappa shape index (κ1) is 30.9. The van der Waals surface area contributed by atoms with E-state index in [4.69, 9.17) is 5.73 Å². The van der Waals surface area contributed by atoms with Gasteiger partial charge >= 0.3 is 5.97 Å². The molecule has 202 valence electrons. The second-order valence-electron chi connectivity index (χ2n) is 9.60. The lowest BCUT2D eigenvalue weighted by Gasteiger charge is -2.28. The maximum Gasteiger partial charge on any atom is 0.326 e. The predicted octanol–water partition coefficient (Wildman–Crippen LogP) is 0.274. The Hall–Kier alpha value is -3.18. The molecule has 36 heavy (non-hydrogen) atoms. The van der Waals surface area contributed by atoms with Gasteiger partial charge < -0.3 is 37.0 Å². The monoisotopic (exact) mass is 508 g/mol. The number of hydrogen-bond acceptors (Lipinski definition) is 7. The van der Waals surface area contributed by atoms with Crippen molar-refractivity contribution in [3.63, 3.8) is 0 Å². The second-order valence-corrected chi connectivity index (χ2v) is 9.60. The van der Waals surface area contributed by atoms with Crippen molar-refractivity contribution in [2.75, 3.05) is 0 Å². The molecule has 0 saturated heterocycles. The van der Waals surface area contributed by atoms with Crippen molar-refractivity contribution >= 4 is 23.7 Å². The maximum absolute atomic E-state index is 13.0. The number of aliphatic hydroxyl groups excluding tert-OH is 1. The Morgan fingerprint density at radius 2 is 1.44 bits per heavy atom. The van der Waals surface area contributed by atoms with Crippen LogP contribution in [0.1, 0.15) is 53.0 Å². The molecule has 11 heteroatoms. The fourth-order valence-corrected chi connectivity index (χ4v) is 3.55. The van der Waals surface area contributed by atoms with E-state index in [2.05, 4.69) is 16.0 Å². The molecule has 1 rings (SSSR count). The SMILES string of the molecule is CCC(C)C(NC(=O)C(CC(C)C)NC(=O)C(NC(=O)C(N)Cc1ccc(O)cc1)C(C)O)C(=O)O. The van der Waals surface area contributed by atoms with Crippen molar-refractivity contribution in [1.82, 2.24) is 16.0 Å². The molecule has 0 aliphatic carbocycles. The molecule has 1 aromatic rings. The Labute approximate surface area is 211 Å². The minimum absolute atomic E-state index is 0.0220. The number of aliphatic hydroxyl groups is 1. The molecule has 0 radical (unpaired) electrons. The van der Waals surface area contributed by atoms with Crippen LogP contribution in [0.2, 0.25) is 0 Å². The van der Waals surface area contributed by atoms with E-state index in [-0.39, 0.29) is 30.4 Å². The fraction of sp³-hybridized carbons (Fsp3) is 0.600. The number of carbonyl (C=O) groups excluding carboxylic acids is 3. The molecule has 0 heterocycles. The average Bonchev–Trinajstić information content (AvgIpc) is 2.80. The Kier molecular flexibility index (Phi) is 12.3. The van der Waals surface area contributed by atoms with Gasteiger partial charge in [0.2, 0.25) is 17.7 Å². The third-order valence-electron chi connectivity index (χ3n) is 5.91. The summed E-state index contributed by atoms with van der Waals surface area (Å²) in [6, 6.07) is 1.51. The minimum Gasteiger partial charge on any atom is -0.508 e. The number of benzene rings is 1. The summed E-state index contributed by atoms with van der Waals surface area (Å²) in [6.45, 7) is 8.51. The number of amides is 3. The van der Waals surface area contributed by atoms with Gasteiger partial charge in [0.05, 0.1) is 12.1 Å². The van der Waals surface area contributed by atoms with Crippen LogP contribution >= 0.6 is 0 Å². The van der Waals surface area contributed by atoms with Crippen LogP contribution in [-0.4, -0.2) is 69.3 Å². The molecule has 11 nitrogen and oxygen atoms in total. The first-order valence-electron chi connectivity index (χ1n) is 12.1. The average molecular weight is 509 g/mol. The van der Waals surface area contributed by atoms with Gasteiger partial charge in [0.15, 0.2) is 0 Å². The standard InChI is InChI=1S/C25H40N4O7/c1-6-14(4)20(25(35)36)28-23(33)19(11-13(2)3)27-24(34)21(15(5)30)29-22(32)18(26)12-16-7-9-17(31)10-8-16/h7-10,13-15,18-21,30-31H,6,11-12,26H2,1-5H3,(H,27,34)(H,28,33)(H,29,32)(H,35,36). The van der Waals surface area contributed by atoms with Crippen molar-refractivity contribution in [3.8, 4) is 5.75 Å². The first-order valence-corrected chi connectivity index (χ1v) is 12.1. The summed E-state index contributed by atoms with van der Waals surface area (Å²) in [4.78, 5) is 50.2. The lowest BCUT2D eigenvalue weighted by atomic mass is 9.97. The van der Waals surface area contributed by atoms with Crippen molar-refractivity contribution in [1.29, 1.82) is 0 Å². The van der Waals surface area contributed by atoms with Gasteiger partial charge in [-0.2, -0.15) is 0 Å². The number of phenolic OH excluding ortho intramolecular Hbond substituents is 1. The predicted molar refractivity (Wildman–Crippen MR) is 134 cm³/mol. The number of nitrogens with one attached hydrogen (secondary N) is 3. The maximum atomic E-state index is 13.0. The van der Waals surface area contributed by atoms with Crippen LogP contribution in [-0.2, 0) is 25.6 Å². The van der Waals surface area contributed by atoms with Crippen molar-refractivity contribution in [2.24, 2.45) is 17.6 Å². The van der Waals surface area contributed by atoms with Crippen LogP contribution in [0.3, 0.4) is 0 Å². The van der Waals surface area contributed by atoms with Gasteiger partial charge in [-0.3, -0.25) is 14.4 Å². The number of rotatable bonds is 14. The van der Waals surface area contributed by atoms with Gasteiger partial charge in [0.25, 0.3) is 0 Å². The fourth-order valence-electron chi connectivity index (χ4n) is 3.55. The molecule has 0 spiro atoms. The molecule has 0 fully saturated rings.